The molecule has 8 heavy (non-hydrogen) atoms. The van der Waals surface area contributed by atoms with Gasteiger partial charge in [-0.05, 0) is 12.8 Å². The monoisotopic (exact) mass is 134 g/mol. The largest absolute Gasteiger partial charge is 0.188 e. The molecule has 0 aliphatic heterocycles. The van der Waals surface area contributed by atoms with E-state index in [9.17, 15) is 0 Å². The van der Waals surface area contributed by atoms with Gasteiger partial charge in [-0.25, -0.2) is 0 Å². The van der Waals surface area contributed by atoms with Gasteiger partial charge >= 0.3 is 0 Å². The maximum atomic E-state index is 2.39. The highest BCUT2D eigenvalue weighted by atomic mass is 31.0. The average molecular weight is 134 g/mol. The fourth-order valence-electron chi connectivity index (χ4n) is 0.744. The van der Waals surface area contributed by atoms with E-state index in [0.717, 1.165) is 0 Å². The lowest BCUT2D eigenvalue weighted by Gasteiger charge is -2.06. The highest BCUT2D eigenvalue weighted by molar-refractivity contribution is 7.13. The summed E-state index contributed by atoms with van der Waals surface area (Å²) in [6.07, 6.45) is 2.56. The van der Waals surface area contributed by atoms with Gasteiger partial charge in [0.2, 0.25) is 0 Å². The number of rotatable bonds is 4. The Balaban J connectivity index is 2.92. The molecule has 2 heteroatoms. The molecule has 0 aromatic heterocycles. The first-order valence-corrected chi connectivity index (χ1v) is 4.00. The van der Waals surface area contributed by atoms with Crippen molar-refractivity contribution in [3.63, 3.8) is 0 Å². The molecular weight excluding hydrogens is 117 g/mol. The van der Waals surface area contributed by atoms with Crippen molar-refractivity contribution in [1.29, 1.82) is 0 Å². The average Bonchev–Trinajstić information content (AvgIpc) is 1.68. The summed E-state index contributed by atoms with van der Waals surface area (Å²) in [6, 6.07) is 0. The smallest absolute Gasteiger partial charge is 0.0431 e. The topological polar surface area (TPSA) is 3.24 Å². The Morgan fingerprint density at radius 2 is 1.50 bits per heavy atom. The highest BCUT2D eigenvalue weighted by Crippen LogP contribution is 1.99. The summed E-state index contributed by atoms with van der Waals surface area (Å²) < 4.78 is 2.39. The first kappa shape index (κ1) is 8.39. The lowest BCUT2D eigenvalue weighted by Crippen LogP contribution is -2.12. The third kappa shape index (κ3) is 4.55. The Morgan fingerprint density at radius 1 is 1.12 bits per heavy atom. The molecule has 50 valence electrons. The van der Waals surface area contributed by atoms with Crippen molar-refractivity contribution < 1.29 is 0 Å². The molecule has 0 bridgehead atoms. The van der Waals surface area contributed by atoms with Gasteiger partial charge in [0.25, 0.3) is 0 Å². The maximum absolute atomic E-state index is 2.39. The molecule has 1 atom stereocenters. The second-order valence-electron chi connectivity index (χ2n) is 2.12. The van der Waals surface area contributed by atoms with E-state index in [0.29, 0.717) is 0 Å². The van der Waals surface area contributed by atoms with Crippen LogP contribution in [-0.2, 0) is 0 Å². The fraction of sp³-hybridized carbons (Fsp3) is 1.00. The summed E-state index contributed by atoms with van der Waals surface area (Å²) in [5.41, 5.74) is 0. The van der Waals surface area contributed by atoms with Crippen LogP contribution in [0, 0.1) is 0 Å². The van der Waals surface area contributed by atoms with Crippen LogP contribution in [0.3, 0.4) is 0 Å². The zero-order chi connectivity index (χ0) is 6.41. The molecule has 0 aromatic carbocycles. The number of nitrogens with zero attached hydrogens (tertiary/aromatic N) is 1. The van der Waals surface area contributed by atoms with Crippen molar-refractivity contribution in [2.24, 2.45) is 0 Å². The van der Waals surface area contributed by atoms with E-state index in [1.54, 1.807) is 0 Å². The second kappa shape index (κ2) is 5.53. The minimum atomic E-state index is 1.26. The van der Waals surface area contributed by atoms with Gasteiger partial charge in [0.05, 0.1) is 0 Å². The van der Waals surface area contributed by atoms with Gasteiger partial charge < -0.3 is 0 Å². The van der Waals surface area contributed by atoms with Crippen LogP contribution in [0.4, 0.5) is 0 Å². The van der Waals surface area contributed by atoms with E-state index in [1.807, 2.05) is 9.39 Å². The third-order valence-corrected chi connectivity index (χ3v) is 1.71. The van der Waals surface area contributed by atoms with Crippen LogP contribution in [0.5, 0.6) is 0 Å². The molecule has 0 heterocycles. The summed E-state index contributed by atoms with van der Waals surface area (Å²) in [5.74, 6) is 0. The van der Waals surface area contributed by atoms with Crippen LogP contribution in [0.25, 0.3) is 0 Å². The Bertz CT molecular complexity index is 41.8. The predicted molar refractivity (Wildman–Crippen MR) is 43.3 cm³/mol. The first-order valence-electron chi connectivity index (χ1n) is 3.36. The Morgan fingerprint density at radius 3 is 1.75 bits per heavy atom. The Labute approximate surface area is 54.7 Å². The molecule has 0 N–H and O–H groups in total. The zero-order valence-corrected chi connectivity index (χ0v) is 7.40. The van der Waals surface area contributed by atoms with Crippen LogP contribution < -0.4 is 0 Å². The molecular formula is C6H17NP+. The molecule has 0 aliphatic carbocycles. The lowest BCUT2D eigenvalue weighted by molar-refractivity contribution is 0.466. The van der Waals surface area contributed by atoms with Gasteiger partial charge in [-0.15, -0.1) is 0 Å². The second-order valence-corrected chi connectivity index (χ2v) is 3.01. The molecule has 0 spiro atoms. The molecule has 0 fully saturated rings. The molecule has 0 saturated carbocycles. The molecule has 0 aliphatic rings. The Kier molecular flexibility index (Phi) is 5.79. The van der Waals surface area contributed by atoms with Gasteiger partial charge in [-0.3, -0.25) is 0 Å². The molecule has 1 nitrogen and oxygen atoms in total. The van der Waals surface area contributed by atoms with E-state index in [2.05, 4.69) is 18.5 Å². The van der Waals surface area contributed by atoms with Crippen molar-refractivity contribution in [2.45, 2.75) is 26.7 Å². The van der Waals surface area contributed by atoms with Crippen molar-refractivity contribution in [1.82, 2.24) is 4.67 Å². The molecule has 1 unspecified atom stereocenters. The van der Waals surface area contributed by atoms with Gasteiger partial charge in [0.15, 0.2) is 0 Å². The van der Waals surface area contributed by atoms with E-state index in [-0.39, 0.29) is 0 Å². The van der Waals surface area contributed by atoms with Gasteiger partial charge in [0, 0.05) is 22.5 Å². The van der Waals surface area contributed by atoms with Crippen molar-refractivity contribution in [2.75, 3.05) is 13.1 Å². The summed E-state index contributed by atoms with van der Waals surface area (Å²) in [5, 5.41) is 0. The number of hydrogen-bond acceptors (Lipinski definition) is 1. The number of hydrogen-bond donors (Lipinski definition) is 0. The minimum absolute atomic E-state index is 1.26. The fourth-order valence-corrected chi connectivity index (χ4v) is 1.38. The van der Waals surface area contributed by atoms with Crippen molar-refractivity contribution in [3.05, 3.63) is 0 Å². The Hall–Kier alpha value is 0.390. The van der Waals surface area contributed by atoms with E-state index >= 15 is 0 Å². The summed E-state index contributed by atoms with van der Waals surface area (Å²) in [7, 11) is 1.99. The molecule has 0 radical (unpaired) electrons. The van der Waals surface area contributed by atoms with Gasteiger partial charge in [0.1, 0.15) is 0 Å². The normalized spacial score (nSPS) is 10.9. The van der Waals surface area contributed by atoms with E-state index in [4.69, 9.17) is 0 Å². The minimum Gasteiger partial charge on any atom is -0.188 e. The SMILES string of the molecule is CCCN([PH3+])CCC. The van der Waals surface area contributed by atoms with E-state index in [1.165, 1.54) is 25.9 Å². The summed E-state index contributed by atoms with van der Waals surface area (Å²) in [4.78, 5) is 0. The summed E-state index contributed by atoms with van der Waals surface area (Å²) >= 11 is 0. The van der Waals surface area contributed by atoms with Crippen LogP contribution in [0.2, 0.25) is 0 Å². The first-order chi connectivity index (χ1) is 3.81. The quantitative estimate of drug-likeness (QED) is 0.528. The van der Waals surface area contributed by atoms with Crippen LogP contribution >= 0.6 is 9.39 Å². The van der Waals surface area contributed by atoms with E-state index < -0.39 is 0 Å². The molecule has 0 rings (SSSR count). The van der Waals surface area contributed by atoms with Crippen LogP contribution in [-0.4, -0.2) is 17.8 Å². The van der Waals surface area contributed by atoms with Gasteiger partial charge in [-0.1, -0.05) is 13.8 Å². The van der Waals surface area contributed by atoms with Gasteiger partial charge in [-0.2, -0.15) is 4.67 Å². The van der Waals surface area contributed by atoms with Crippen molar-refractivity contribution >= 4 is 9.39 Å². The van der Waals surface area contributed by atoms with Crippen LogP contribution in [0.15, 0.2) is 0 Å². The lowest BCUT2D eigenvalue weighted by atomic mass is 10.4. The highest BCUT2D eigenvalue weighted by Gasteiger charge is 1.95. The zero-order valence-electron chi connectivity index (χ0n) is 5.98. The maximum Gasteiger partial charge on any atom is 0.0431 e. The third-order valence-electron chi connectivity index (χ3n) is 1.08. The standard InChI is InChI=1S/C6H16NP/c1-3-5-7(8)6-4-2/h3-6,8H2,1-2H3/p+1. The molecule has 0 saturated heterocycles. The predicted octanol–water partition coefficient (Wildman–Crippen LogP) is 1.63. The summed E-state index contributed by atoms with van der Waals surface area (Å²) in [6.45, 7) is 6.95. The van der Waals surface area contributed by atoms with Crippen molar-refractivity contribution in [3.8, 4) is 0 Å². The van der Waals surface area contributed by atoms with Crippen LogP contribution in [0.1, 0.15) is 26.7 Å². The molecule has 0 aromatic rings. The molecule has 0 amide bonds.